The van der Waals surface area contributed by atoms with E-state index in [2.05, 4.69) is 0 Å². The number of ketones is 1. The predicted molar refractivity (Wildman–Crippen MR) is 124 cm³/mol. The van der Waals surface area contributed by atoms with Crippen LogP contribution in [0.5, 0.6) is 17.2 Å². The van der Waals surface area contributed by atoms with E-state index in [0.717, 1.165) is 4.90 Å². The molecule has 0 spiro atoms. The molecule has 3 rings (SSSR count). The molecule has 2 aromatic rings. The number of carbonyl (C=O) groups excluding carboxylic acids is 2. The van der Waals surface area contributed by atoms with Crippen LogP contribution >= 0.6 is 11.6 Å². The van der Waals surface area contributed by atoms with E-state index in [9.17, 15) is 14.7 Å². The highest BCUT2D eigenvalue weighted by atomic mass is 35.5. The number of hydrogen-bond donors (Lipinski definition) is 2. The van der Waals surface area contributed by atoms with Crippen molar-refractivity contribution in [2.24, 2.45) is 0 Å². The second-order valence-electron chi connectivity index (χ2n) is 7.91. The maximum atomic E-state index is 13.2. The van der Waals surface area contributed by atoms with Crippen molar-refractivity contribution in [1.29, 1.82) is 0 Å². The van der Waals surface area contributed by atoms with Gasteiger partial charge < -0.3 is 29.1 Å². The lowest BCUT2D eigenvalue weighted by atomic mass is 9.94. The van der Waals surface area contributed by atoms with Gasteiger partial charge in [-0.05, 0) is 36.4 Å². The van der Waals surface area contributed by atoms with Crippen molar-refractivity contribution in [2.75, 3.05) is 48.5 Å². The fourth-order valence-corrected chi connectivity index (χ4v) is 4.06. The Balaban J connectivity index is 2.24. The zero-order valence-corrected chi connectivity index (χ0v) is 20.0. The van der Waals surface area contributed by atoms with Crippen LogP contribution < -0.4 is 19.1 Å². The number of aliphatic hydroxyl groups excluding tert-OH is 1. The summed E-state index contributed by atoms with van der Waals surface area (Å²) in [5.74, 6) is -0.373. The van der Waals surface area contributed by atoms with E-state index >= 15 is 0 Å². The number of rotatable bonds is 8. The van der Waals surface area contributed by atoms with Gasteiger partial charge in [0.15, 0.2) is 0 Å². The van der Waals surface area contributed by atoms with Gasteiger partial charge in [-0.25, -0.2) is 0 Å². The first-order valence-electron chi connectivity index (χ1n) is 10.4. The van der Waals surface area contributed by atoms with Gasteiger partial charge in [-0.2, -0.15) is 0 Å². The van der Waals surface area contributed by atoms with Crippen LogP contribution in [-0.2, 0) is 9.59 Å². The fraction of sp³-hybridized carbons (Fsp3) is 0.333. The molecule has 0 radical (unpaired) electrons. The third kappa shape index (κ3) is 4.77. The molecular formula is C24H28ClN2O6+. The van der Waals surface area contributed by atoms with Crippen molar-refractivity contribution < 1.29 is 33.8 Å². The Morgan fingerprint density at radius 1 is 1.03 bits per heavy atom. The van der Waals surface area contributed by atoms with Crippen LogP contribution in [0, 0.1) is 0 Å². The number of hydrogen-bond acceptors (Lipinski definition) is 6. The molecule has 0 aromatic heterocycles. The molecule has 1 fully saturated rings. The van der Waals surface area contributed by atoms with Gasteiger partial charge in [0.05, 0.1) is 65.2 Å². The summed E-state index contributed by atoms with van der Waals surface area (Å²) in [5, 5.41) is 11.5. The fourth-order valence-electron chi connectivity index (χ4n) is 3.80. The van der Waals surface area contributed by atoms with Gasteiger partial charge in [-0.3, -0.25) is 9.59 Å². The lowest BCUT2D eigenvalue weighted by Gasteiger charge is -2.27. The van der Waals surface area contributed by atoms with Crippen molar-refractivity contribution in [3.63, 3.8) is 0 Å². The number of ether oxygens (including phenoxy) is 3. The second-order valence-corrected chi connectivity index (χ2v) is 8.31. The molecule has 2 aromatic carbocycles. The summed E-state index contributed by atoms with van der Waals surface area (Å²) in [6.07, 6.45) is 0. The van der Waals surface area contributed by atoms with Gasteiger partial charge in [0.2, 0.25) is 0 Å². The first kappa shape index (κ1) is 24.4. The highest BCUT2D eigenvalue weighted by molar-refractivity contribution is 6.46. The third-order valence-electron chi connectivity index (χ3n) is 5.55. The zero-order valence-electron chi connectivity index (χ0n) is 19.3. The number of halogens is 1. The molecular weight excluding hydrogens is 448 g/mol. The Kier molecular flexibility index (Phi) is 7.50. The highest BCUT2D eigenvalue weighted by Gasteiger charge is 2.47. The molecule has 0 aliphatic carbocycles. The van der Waals surface area contributed by atoms with Crippen molar-refractivity contribution in [3.8, 4) is 17.2 Å². The van der Waals surface area contributed by atoms with Crippen molar-refractivity contribution in [1.82, 2.24) is 4.90 Å². The minimum absolute atomic E-state index is 0.0402. The molecule has 1 heterocycles. The number of nitrogens with zero attached hydrogens (tertiary/aromatic N) is 1. The van der Waals surface area contributed by atoms with Crippen LogP contribution in [0.4, 0.5) is 0 Å². The number of nitrogens with one attached hydrogen (secondary N) is 1. The van der Waals surface area contributed by atoms with Gasteiger partial charge >= 0.3 is 0 Å². The van der Waals surface area contributed by atoms with Crippen LogP contribution in [0.3, 0.4) is 0 Å². The number of methoxy groups -OCH3 is 3. The van der Waals surface area contributed by atoms with Crippen molar-refractivity contribution in [3.05, 3.63) is 58.1 Å². The molecule has 0 saturated carbocycles. The van der Waals surface area contributed by atoms with Gasteiger partial charge in [0.1, 0.15) is 23.0 Å². The average Bonchev–Trinajstić information content (AvgIpc) is 3.06. The summed E-state index contributed by atoms with van der Waals surface area (Å²) in [6, 6.07) is 8.93. The highest BCUT2D eigenvalue weighted by Crippen LogP contribution is 2.44. The van der Waals surface area contributed by atoms with E-state index < -0.39 is 17.7 Å². The number of aliphatic hydroxyl groups is 1. The van der Waals surface area contributed by atoms with E-state index in [1.165, 1.54) is 32.3 Å². The average molecular weight is 476 g/mol. The van der Waals surface area contributed by atoms with Gasteiger partial charge in [0.25, 0.3) is 11.7 Å². The third-order valence-corrected chi connectivity index (χ3v) is 5.84. The molecule has 8 nitrogen and oxygen atoms in total. The molecule has 33 heavy (non-hydrogen) atoms. The monoisotopic (exact) mass is 475 g/mol. The Labute approximate surface area is 197 Å². The summed E-state index contributed by atoms with van der Waals surface area (Å²) in [4.78, 5) is 28.8. The van der Waals surface area contributed by atoms with Crippen molar-refractivity contribution in [2.45, 2.75) is 6.04 Å². The molecule has 0 unspecified atom stereocenters. The first-order valence-corrected chi connectivity index (χ1v) is 10.7. The molecule has 176 valence electrons. The largest absolute Gasteiger partial charge is 0.507 e. The first-order chi connectivity index (χ1) is 15.7. The lowest BCUT2D eigenvalue weighted by Crippen LogP contribution is -3.06. The van der Waals surface area contributed by atoms with Gasteiger partial charge in [-0.1, -0.05) is 11.6 Å². The Morgan fingerprint density at radius 2 is 1.70 bits per heavy atom. The zero-order chi connectivity index (χ0) is 24.3. The standard InChI is InChI=1S/C24H27ClN2O6/c1-26(2)10-11-27-21(16-13-15(31-3)7-9-18(16)32-4)20(23(29)24(27)30)22(28)14-6-8-19(33-5)17(25)12-14/h6-9,12-13,21,28H,10-11H2,1-5H3/p+1/b22-20-/t21-/m1/s1. The van der Waals surface area contributed by atoms with Crippen LogP contribution in [-0.4, -0.2) is 70.2 Å². The number of quaternary nitrogens is 1. The molecule has 2 N–H and O–H groups in total. The number of Topliss-reactive ketones (excluding diaryl/α,β-unsaturated/α-hetero) is 1. The molecule has 1 aliphatic heterocycles. The summed E-state index contributed by atoms with van der Waals surface area (Å²) in [5.41, 5.74) is 0.788. The van der Waals surface area contributed by atoms with Crippen LogP contribution in [0.15, 0.2) is 42.0 Å². The Morgan fingerprint density at radius 3 is 2.27 bits per heavy atom. The molecule has 9 heteroatoms. The van der Waals surface area contributed by atoms with E-state index in [1.54, 1.807) is 30.3 Å². The minimum atomic E-state index is -0.865. The maximum absolute atomic E-state index is 13.2. The normalized spacial score (nSPS) is 17.5. The minimum Gasteiger partial charge on any atom is -0.507 e. The number of carbonyl (C=O) groups is 2. The predicted octanol–water partition coefficient (Wildman–Crippen LogP) is 1.93. The molecule has 1 saturated heterocycles. The smallest absolute Gasteiger partial charge is 0.295 e. The molecule has 1 aliphatic rings. The summed E-state index contributed by atoms with van der Waals surface area (Å²) < 4.78 is 16.1. The Hall–Kier alpha value is -3.23. The second kappa shape index (κ2) is 10.1. The number of likely N-dealkylation sites (N-methyl/N-ethyl adjacent to an activating group) is 1. The molecule has 0 bridgehead atoms. The number of benzene rings is 2. The number of likely N-dealkylation sites (tertiary alicyclic amines) is 1. The Bertz CT molecular complexity index is 1100. The van der Waals surface area contributed by atoms with E-state index in [-0.39, 0.29) is 16.4 Å². The number of amides is 1. The SMILES string of the molecule is COc1ccc(OC)c([C@@H]2/C(=C(/O)c3ccc(OC)c(Cl)c3)C(=O)C(=O)N2CC[NH+](C)C)c1. The summed E-state index contributed by atoms with van der Waals surface area (Å²) >= 11 is 6.24. The van der Waals surface area contributed by atoms with Gasteiger partial charge in [0, 0.05) is 11.1 Å². The van der Waals surface area contributed by atoms with E-state index in [4.69, 9.17) is 25.8 Å². The molecule has 1 amide bonds. The maximum Gasteiger partial charge on any atom is 0.295 e. The van der Waals surface area contributed by atoms with Gasteiger partial charge in [-0.15, -0.1) is 0 Å². The molecule has 1 atom stereocenters. The van der Waals surface area contributed by atoms with E-state index in [0.29, 0.717) is 41.5 Å². The summed E-state index contributed by atoms with van der Waals surface area (Å²) in [6.45, 7) is 0.905. The summed E-state index contributed by atoms with van der Waals surface area (Å²) in [7, 11) is 8.42. The van der Waals surface area contributed by atoms with E-state index in [1.807, 2.05) is 14.1 Å². The lowest BCUT2D eigenvalue weighted by molar-refractivity contribution is -0.857. The van der Waals surface area contributed by atoms with Crippen LogP contribution in [0.2, 0.25) is 5.02 Å². The van der Waals surface area contributed by atoms with Crippen LogP contribution in [0.25, 0.3) is 5.76 Å². The topological polar surface area (TPSA) is 89.7 Å². The van der Waals surface area contributed by atoms with Crippen LogP contribution in [0.1, 0.15) is 17.2 Å². The quantitative estimate of drug-likeness (QED) is 0.344. The van der Waals surface area contributed by atoms with Crippen molar-refractivity contribution >= 4 is 29.1 Å².